The van der Waals surface area contributed by atoms with Gasteiger partial charge in [0, 0.05) is 32.1 Å². The molecule has 1 atom stereocenters. The molecule has 0 aromatic heterocycles. The van der Waals surface area contributed by atoms with E-state index >= 15 is 0 Å². The van der Waals surface area contributed by atoms with Gasteiger partial charge in [0.25, 0.3) is 0 Å². The van der Waals surface area contributed by atoms with Crippen LogP contribution in [0.15, 0.2) is 24.3 Å². The van der Waals surface area contributed by atoms with E-state index in [2.05, 4.69) is 5.32 Å². The molecule has 0 bridgehead atoms. The van der Waals surface area contributed by atoms with E-state index in [0.29, 0.717) is 24.4 Å². The first kappa shape index (κ1) is 19.7. The lowest BCUT2D eigenvalue weighted by atomic mass is 10.1. The fourth-order valence-electron chi connectivity index (χ4n) is 3.05. The predicted molar refractivity (Wildman–Crippen MR) is 96.6 cm³/mol. The second kappa shape index (κ2) is 9.17. The van der Waals surface area contributed by atoms with Gasteiger partial charge in [-0.25, -0.2) is 8.42 Å². The maximum Gasteiger partial charge on any atom is 0.221 e. The molecule has 1 fully saturated rings. The summed E-state index contributed by atoms with van der Waals surface area (Å²) < 4.78 is 32.5. The Balaban J connectivity index is 2.07. The van der Waals surface area contributed by atoms with Gasteiger partial charge in [0.15, 0.2) is 0 Å². The number of amides is 1. The lowest BCUT2D eigenvalue weighted by Crippen LogP contribution is -2.49. The third-order valence-corrected chi connectivity index (χ3v) is 6.21. The first-order chi connectivity index (χ1) is 12.0. The summed E-state index contributed by atoms with van der Waals surface area (Å²) in [5.74, 6) is 0.424. The number of hydrogen-bond donors (Lipinski definition) is 2. The van der Waals surface area contributed by atoms with Gasteiger partial charge >= 0.3 is 0 Å². The van der Waals surface area contributed by atoms with Crippen molar-refractivity contribution in [3.63, 3.8) is 0 Å². The van der Waals surface area contributed by atoms with Crippen LogP contribution in [0.4, 0.5) is 0 Å². The third kappa shape index (κ3) is 5.69. The Morgan fingerprint density at radius 2 is 2.20 bits per heavy atom. The molecular formula is C17H27N3O4S. The molecule has 1 saturated heterocycles. The maximum absolute atomic E-state index is 12.9. The minimum Gasteiger partial charge on any atom is -0.497 e. The lowest BCUT2D eigenvalue weighted by molar-refractivity contribution is -0.121. The minimum atomic E-state index is -3.47. The highest BCUT2D eigenvalue weighted by molar-refractivity contribution is 7.88. The van der Waals surface area contributed by atoms with E-state index in [0.717, 1.165) is 19.3 Å². The maximum atomic E-state index is 12.9. The van der Waals surface area contributed by atoms with Crippen LogP contribution in [-0.4, -0.2) is 51.4 Å². The van der Waals surface area contributed by atoms with Crippen LogP contribution in [0.5, 0.6) is 5.75 Å². The zero-order chi connectivity index (χ0) is 18.3. The highest BCUT2D eigenvalue weighted by Crippen LogP contribution is 2.23. The molecule has 1 unspecified atom stereocenters. The second-order valence-electron chi connectivity index (χ2n) is 6.21. The first-order valence-corrected chi connectivity index (χ1v) is 10.2. The molecular weight excluding hydrogens is 342 g/mol. The van der Waals surface area contributed by atoms with Crippen molar-refractivity contribution in [1.29, 1.82) is 0 Å². The van der Waals surface area contributed by atoms with Crippen LogP contribution in [-0.2, 0) is 20.6 Å². The zero-order valence-electron chi connectivity index (χ0n) is 14.6. The van der Waals surface area contributed by atoms with E-state index < -0.39 is 10.0 Å². The van der Waals surface area contributed by atoms with Crippen LogP contribution < -0.4 is 15.8 Å². The number of ether oxygens (including phenoxy) is 1. The fourth-order valence-corrected chi connectivity index (χ4v) is 4.86. The van der Waals surface area contributed by atoms with Crippen molar-refractivity contribution in [2.45, 2.75) is 37.5 Å². The Morgan fingerprint density at radius 3 is 2.92 bits per heavy atom. The van der Waals surface area contributed by atoms with Crippen molar-refractivity contribution in [3.05, 3.63) is 29.8 Å². The lowest BCUT2D eigenvalue weighted by Gasteiger charge is -2.34. The van der Waals surface area contributed by atoms with Crippen LogP contribution in [0, 0.1) is 0 Å². The highest BCUT2D eigenvalue weighted by Gasteiger charge is 2.32. The number of nitrogens with one attached hydrogen (secondary N) is 1. The number of carbonyl (C=O) groups excluding carboxylic acids is 1. The molecule has 3 N–H and O–H groups in total. The third-order valence-electron chi connectivity index (χ3n) is 4.32. The summed E-state index contributed by atoms with van der Waals surface area (Å²) in [7, 11) is -1.92. The normalized spacial score (nSPS) is 18.7. The minimum absolute atomic E-state index is 0.0720. The Labute approximate surface area is 149 Å². The Hall–Kier alpha value is -1.64. The number of sulfonamides is 1. The number of methoxy groups -OCH3 is 1. The van der Waals surface area contributed by atoms with Gasteiger partial charge in [0.1, 0.15) is 5.75 Å². The number of nitrogens with zero attached hydrogens (tertiary/aromatic N) is 1. The molecule has 0 aliphatic carbocycles. The Kier molecular flexibility index (Phi) is 7.22. The molecule has 1 aliphatic rings. The van der Waals surface area contributed by atoms with Gasteiger partial charge < -0.3 is 15.8 Å². The van der Waals surface area contributed by atoms with Crippen LogP contribution in [0.2, 0.25) is 0 Å². The summed E-state index contributed by atoms with van der Waals surface area (Å²) in [6, 6.07) is 6.88. The highest BCUT2D eigenvalue weighted by atomic mass is 32.2. The van der Waals surface area contributed by atoms with Gasteiger partial charge in [0.05, 0.1) is 12.9 Å². The number of benzene rings is 1. The molecule has 25 heavy (non-hydrogen) atoms. The molecule has 0 saturated carbocycles. The van der Waals surface area contributed by atoms with Gasteiger partial charge in [-0.2, -0.15) is 4.31 Å². The Bertz CT molecular complexity index is 678. The molecule has 1 aliphatic heterocycles. The van der Waals surface area contributed by atoms with Gasteiger partial charge in [-0.15, -0.1) is 0 Å². The average molecular weight is 369 g/mol. The molecule has 0 radical (unpaired) electrons. The summed E-state index contributed by atoms with van der Waals surface area (Å²) in [4.78, 5) is 11.6. The standard InChI is InChI=1S/C17H27N3O4S/c1-24-16-7-4-5-14(11-16)13-25(22,23)20-10-3-2-6-15(20)12-19-17(21)8-9-18/h4-5,7,11,15H,2-3,6,8-10,12-13,18H2,1H3,(H,19,21). The second-order valence-corrected chi connectivity index (χ2v) is 8.13. The quantitative estimate of drug-likeness (QED) is 0.707. The van der Waals surface area contributed by atoms with E-state index in [4.69, 9.17) is 10.5 Å². The van der Waals surface area contributed by atoms with E-state index in [1.165, 1.54) is 0 Å². The van der Waals surface area contributed by atoms with E-state index in [9.17, 15) is 13.2 Å². The smallest absolute Gasteiger partial charge is 0.221 e. The number of carbonyl (C=O) groups is 1. The van der Waals surface area contributed by atoms with Crippen LogP contribution >= 0.6 is 0 Å². The SMILES string of the molecule is COc1cccc(CS(=O)(=O)N2CCCCC2CNC(=O)CCN)c1. The van der Waals surface area contributed by atoms with Crippen LogP contribution in [0.25, 0.3) is 0 Å². The predicted octanol–water partition coefficient (Wildman–Crippen LogP) is 0.845. The summed E-state index contributed by atoms with van der Waals surface area (Å²) >= 11 is 0. The van der Waals surface area contributed by atoms with E-state index in [-0.39, 0.29) is 30.7 Å². The van der Waals surface area contributed by atoms with Crippen molar-refractivity contribution < 1.29 is 17.9 Å². The number of hydrogen-bond acceptors (Lipinski definition) is 5. The molecule has 1 aromatic carbocycles. The number of rotatable bonds is 8. The molecule has 8 heteroatoms. The van der Waals surface area contributed by atoms with E-state index in [1.807, 2.05) is 0 Å². The van der Waals surface area contributed by atoms with Gasteiger partial charge in [-0.05, 0) is 30.5 Å². The number of nitrogens with two attached hydrogens (primary N) is 1. The summed E-state index contributed by atoms with van der Waals surface area (Å²) in [6.07, 6.45) is 2.80. The zero-order valence-corrected chi connectivity index (χ0v) is 15.4. The summed E-state index contributed by atoms with van der Waals surface area (Å²) in [5.41, 5.74) is 6.06. The van der Waals surface area contributed by atoms with Crippen LogP contribution in [0.3, 0.4) is 0 Å². The first-order valence-electron chi connectivity index (χ1n) is 8.55. The fraction of sp³-hybridized carbons (Fsp3) is 0.588. The number of piperidine rings is 1. The summed E-state index contributed by atoms with van der Waals surface area (Å²) in [5, 5.41) is 2.79. The molecule has 140 valence electrons. The van der Waals surface area contributed by atoms with Gasteiger partial charge in [-0.1, -0.05) is 18.6 Å². The van der Waals surface area contributed by atoms with Gasteiger partial charge in [-0.3, -0.25) is 4.79 Å². The summed E-state index contributed by atoms with van der Waals surface area (Å²) in [6.45, 7) is 1.11. The van der Waals surface area contributed by atoms with Crippen LogP contribution in [0.1, 0.15) is 31.2 Å². The van der Waals surface area contributed by atoms with Crippen molar-refractivity contribution in [1.82, 2.24) is 9.62 Å². The van der Waals surface area contributed by atoms with Crippen molar-refractivity contribution in [2.75, 3.05) is 26.7 Å². The molecule has 1 amide bonds. The van der Waals surface area contributed by atoms with E-state index in [1.54, 1.807) is 35.7 Å². The van der Waals surface area contributed by atoms with Gasteiger partial charge in [0.2, 0.25) is 15.9 Å². The van der Waals surface area contributed by atoms with Crippen molar-refractivity contribution in [3.8, 4) is 5.75 Å². The monoisotopic (exact) mass is 369 g/mol. The topological polar surface area (TPSA) is 102 Å². The molecule has 0 spiro atoms. The van der Waals surface area contributed by atoms with Crippen molar-refractivity contribution in [2.24, 2.45) is 5.73 Å². The largest absolute Gasteiger partial charge is 0.497 e. The molecule has 1 heterocycles. The average Bonchev–Trinajstić information content (AvgIpc) is 2.60. The van der Waals surface area contributed by atoms with Crippen molar-refractivity contribution >= 4 is 15.9 Å². The molecule has 2 rings (SSSR count). The molecule has 7 nitrogen and oxygen atoms in total. The Morgan fingerprint density at radius 1 is 1.40 bits per heavy atom. The molecule has 1 aromatic rings.